The lowest BCUT2D eigenvalue weighted by Crippen LogP contribution is -2.53. The van der Waals surface area contributed by atoms with E-state index >= 15 is 0 Å². The highest BCUT2D eigenvalue weighted by atomic mass is 16.5. The Bertz CT molecular complexity index is 496. The van der Waals surface area contributed by atoms with E-state index in [9.17, 15) is 9.59 Å². The van der Waals surface area contributed by atoms with Gasteiger partial charge in [0.15, 0.2) is 0 Å². The number of esters is 1. The molecule has 0 aromatic heterocycles. The van der Waals surface area contributed by atoms with Gasteiger partial charge in [0.05, 0.1) is 0 Å². The minimum absolute atomic E-state index is 0.192. The van der Waals surface area contributed by atoms with Gasteiger partial charge in [0, 0.05) is 0 Å². The van der Waals surface area contributed by atoms with Crippen molar-refractivity contribution in [3.63, 3.8) is 0 Å². The largest absolute Gasteiger partial charge is 0.459 e. The molecule has 0 aliphatic heterocycles. The Morgan fingerprint density at radius 2 is 1.95 bits per heavy atom. The van der Waals surface area contributed by atoms with Crippen LogP contribution in [0.4, 0.5) is 0 Å². The van der Waals surface area contributed by atoms with Gasteiger partial charge in [0.25, 0.3) is 0 Å². The molecule has 1 atom stereocenters. The van der Waals surface area contributed by atoms with E-state index in [1.165, 1.54) is 0 Å². The maximum absolute atomic E-state index is 12.4. The number of nitrogens with one attached hydrogen (secondary N) is 1. The average Bonchev–Trinajstić information content (AvgIpc) is 2.44. The molecule has 0 spiro atoms. The summed E-state index contributed by atoms with van der Waals surface area (Å²) in [5.41, 5.74) is -0.137. The predicted molar refractivity (Wildman–Crippen MR) is 82.4 cm³/mol. The number of hydrogen-bond acceptors (Lipinski definition) is 3. The quantitative estimate of drug-likeness (QED) is 0.620. The van der Waals surface area contributed by atoms with Gasteiger partial charge in [-0.1, -0.05) is 50.8 Å². The van der Waals surface area contributed by atoms with Crippen molar-refractivity contribution < 1.29 is 14.3 Å². The van der Waals surface area contributed by atoms with Gasteiger partial charge in [0.1, 0.15) is 12.1 Å². The van der Waals surface area contributed by atoms with E-state index in [4.69, 9.17) is 4.74 Å². The Morgan fingerprint density at radius 3 is 2.48 bits per heavy atom. The molecule has 0 aliphatic carbocycles. The SMILES string of the molecule is C=CC(=O)NC(C)(CC(C)C)C(=O)OCc1ccccc1. The zero-order valence-corrected chi connectivity index (χ0v) is 12.9. The van der Waals surface area contributed by atoms with Crippen LogP contribution in [0.25, 0.3) is 0 Å². The maximum atomic E-state index is 12.4. The molecule has 0 aliphatic rings. The van der Waals surface area contributed by atoms with Gasteiger partial charge in [-0.2, -0.15) is 0 Å². The van der Waals surface area contributed by atoms with Crippen LogP contribution in [-0.2, 0) is 20.9 Å². The van der Waals surface area contributed by atoms with Crippen molar-refractivity contribution in [3.05, 3.63) is 48.6 Å². The molecule has 4 heteroatoms. The summed E-state index contributed by atoms with van der Waals surface area (Å²) in [5.74, 6) is -0.575. The Kier molecular flexibility index (Phi) is 6.15. The van der Waals surface area contributed by atoms with Crippen molar-refractivity contribution in [2.24, 2.45) is 5.92 Å². The molecule has 21 heavy (non-hydrogen) atoms. The van der Waals surface area contributed by atoms with Crippen LogP contribution < -0.4 is 5.32 Å². The van der Waals surface area contributed by atoms with Gasteiger partial charge in [-0.25, -0.2) is 4.79 Å². The van der Waals surface area contributed by atoms with Crippen molar-refractivity contribution >= 4 is 11.9 Å². The summed E-state index contributed by atoms with van der Waals surface area (Å²) in [6.45, 7) is 9.26. The monoisotopic (exact) mass is 289 g/mol. The van der Waals surface area contributed by atoms with E-state index in [1.807, 2.05) is 44.2 Å². The second kappa shape index (κ2) is 7.62. The third-order valence-corrected chi connectivity index (χ3v) is 3.06. The fourth-order valence-corrected chi connectivity index (χ4v) is 2.21. The lowest BCUT2D eigenvalue weighted by molar-refractivity contribution is -0.154. The molecule has 1 amide bonds. The smallest absolute Gasteiger partial charge is 0.331 e. The summed E-state index contributed by atoms with van der Waals surface area (Å²) in [5, 5.41) is 2.68. The molecular formula is C17H23NO3. The van der Waals surface area contributed by atoms with Crippen LogP contribution in [-0.4, -0.2) is 17.4 Å². The van der Waals surface area contributed by atoms with Crippen molar-refractivity contribution in [2.75, 3.05) is 0 Å². The third-order valence-electron chi connectivity index (χ3n) is 3.06. The van der Waals surface area contributed by atoms with Crippen LogP contribution in [0.15, 0.2) is 43.0 Å². The topological polar surface area (TPSA) is 55.4 Å². The fraction of sp³-hybridized carbons (Fsp3) is 0.412. The standard InChI is InChI=1S/C17H23NO3/c1-5-15(19)18-17(4,11-13(2)3)16(20)21-12-14-9-7-6-8-10-14/h5-10,13H,1,11-12H2,2-4H3,(H,18,19). The number of ether oxygens (including phenoxy) is 1. The van der Waals surface area contributed by atoms with Gasteiger partial charge in [0.2, 0.25) is 5.91 Å². The summed E-state index contributed by atoms with van der Waals surface area (Å²) in [4.78, 5) is 23.9. The molecule has 114 valence electrons. The zero-order chi connectivity index (χ0) is 15.9. The first-order valence-corrected chi connectivity index (χ1v) is 7.03. The number of hydrogen-bond donors (Lipinski definition) is 1. The van der Waals surface area contributed by atoms with Gasteiger partial charge in [-0.15, -0.1) is 0 Å². The van der Waals surface area contributed by atoms with Crippen molar-refractivity contribution in [3.8, 4) is 0 Å². The second-order valence-corrected chi connectivity index (χ2v) is 5.69. The molecule has 0 fully saturated rings. The summed E-state index contributed by atoms with van der Waals surface area (Å²) >= 11 is 0. The Labute approximate surface area is 126 Å². The summed E-state index contributed by atoms with van der Waals surface area (Å²) < 4.78 is 5.35. The molecule has 0 bridgehead atoms. The van der Waals surface area contributed by atoms with E-state index in [0.717, 1.165) is 11.6 Å². The van der Waals surface area contributed by atoms with Crippen LogP contribution in [0, 0.1) is 5.92 Å². The predicted octanol–water partition coefficient (Wildman–Crippen LogP) is 2.84. The number of amides is 1. The van der Waals surface area contributed by atoms with Gasteiger partial charge >= 0.3 is 5.97 Å². The molecule has 1 N–H and O–H groups in total. The molecular weight excluding hydrogens is 266 g/mol. The minimum Gasteiger partial charge on any atom is -0.459 e. The minimum atomic E-state index is -1.05. The van der Waals surface area contributed by atoms with Crippen LogP contribution in [0.1, 0.15) is 32.8 Å². The molecule has 0 saturated carbocycles. The van der Waals surface area contributed by atoms with Gasteiger partial charge in [-0.05, 0) is 30.9 Å². The van der Waals surface area contributed by atoms with E-state index in [-0.39, 0.29) is 18.4 Å². The number of carbonyl (C=O) groups is 2. The van der Waals surface area contributed by atoms with Crippen LogP contribution in [0.2, 0.25) is 0 Å². The second-order valence-electron chi connectivity index (χ2n) is 5.69. The van der Waals surface area contributed by atoms with Crippen LogP contribution >= 0.6 is 0 Å². The first kappa shape index (κ1) is 17.0. The molecule has 0 saturated heterocycles. The molecule has 0 heterocycles. The number of rotatable bonds is 7. The van der Waals surface area contributed by atoms with E-state index < -0.39 is 11.5 Å². The molecule has 1 unspecified atom stereocenters. The van der Waals surface area contributed by atoms with Crippen molar-refractivity contribution in [1.29, 1.82) is 0 Å². The zero-order valence-electron chi connectivity index (χ0n) is 12.9. The summed E-state index contributed by atoms with van der Waals surface area (Å²) in [6.07, 6.45) is 1.66. The lowest BCUT2D eigenvalue weighted by atomic mass is 9.90. The van der Waals surface area contributed by atoms with Crippen molar-refractivity contribution in [2.45, 2.75) is 39.3 Å². The Balaban J connectivity index is 2.75. The molecule has 0 radical (unpaired) electrons. The first-order valence-electron chi connectivity index (χ1n) is 7.03. The Morgan fingerprint density at radius 1 is 1.33 bits per heavy atom. The van der Waals surface area contributed by atoms with Gasteiger partial charge < -0.3 is 10.1 Å². The molecule has 4 nitrogen and oxygen atoms in total. The fourth-order valence-electron chi connectivity index (χ4n) is 2.21. The average molecular weight is 289 g/mol. The molecule has 1 rings (SSSR count). The number of carbonyl (C=O) groups excluding carboxylic acids is 2. The summed E-state index contributed by atoms with van der Waals surface area (Å²) in [6, 6.07) is 9.44. The molecule has 1 aromatic carbocycles. The number of benzene rings is 1. The van der Waals surface area contributed by atoms with Crippen LogP contribution in [0.3, 0.4) is 0 Å². The van der Waals surface area contributed by atoms with Crippen molar-refractivity contribution in [1.82, 2.24) is 5.32 Å². The van der Waals surface area contributed by atoms with E-state index in [2.05, 4.69) is 11.9 Å². The highest BCUT2D eigenvalue weighted by Crippen LogP contribution is 2.19. The van der Waals surface area contributed by atoms with E-state index in [0.29, 0.717) is 6.42 Å². The Hall–Kier alpha value is -2.10. The summed E-state index contributed by atoms with van der Waals surface area (Å²) in [7, 11) is 0. The molecule has 1 aromatic rings. The lowest BCUT2D eigenvalue weighted by Gasteiger charge is -2.29. The van der Waals surface area contributed by atoms with Crippen LogP contribution in [0.5, 0.6) is 0 Å². The van der Waals surface area contributed by atoms with Gasteiger partial charge in [-0.3, -0.25) is 4.79 Å². The highest BCUT2D eigenvalue weighted by molar-refractivity contribution is 5.93. The van der Waals surface area contributed by atoms with E-state index in [1.54, 1.807) is 6.92 Å². The normalized spacial score (nSPS) is 13.3. The maximum Gasteiger partial charge on any atom is 0.331 e. The highest BCUT2D eigenvalue weighted by Gasteiger charge is 2.36. The first-order chi connectivity index (χ1) is 9.87. The third kappa shape index (κ3) is 5.42.